The first kappa shape index (κ1) is 16.0. The molecule has 1 N–H and O–H groups in total. The predicted molar refractivity (Wildman–Crippen MR) is 86.9 cm³/mol. The molecule has 0 atom stereocenters. The number of hydrogen-bond acceptors (Lipinski definition) is 3. The Morgan fingerprint density at radius 2 is 1.55 bits per heavy atom. The molecule has 0 unspecified atom stereocenters. The van der Waals surface area contributed by atoms with E-state index in [0.717, 1.165) is 11.1 Å². The highest BCUT2D eigenvalue weighted by Crippen LogP contribution is 2.29. The molecule has 2 aromatic rings. The number of nitrogens with one attached hydrogen (secondary N) is 1. The molecule has 0 fully saturated rings. The number of nitrogens with zero attached hydrogens (tertiary/aromatic N) is 1. The number of benzene rings is 2. The second kappa shape index (κ2) is 6.19. The zero-order valence-electron chi connectivity index (χ0n) is 12.6. The Bertz CT molecular complexity index is 776. The number of anilines is 1. The number of carbonyl (C=O) groups excluding carboxylic acids is 1. The predicted octanol–water partition coefficient (Wildman–Crippen LogP) is 3.66. The van der Waals surface area contributed by atoms with Gasteiger partial charge in [-0.1, -0.05) is 29.3 Å². The van der Waals surface area contributed by atoms with Crippen LogP contribution in [0, 0.1) is 13.8 Å². The second-order valence-corrected chi connectivity index (χ2v) is 6.72. The van der Waals surface area contributed by atoms with Crippen molar-refractivity contribution < 1.29 is 13.2 Å². The van der Waals surface area contributed by atoms with E-state index in [1.165, 1.54) is 31.2 Å². The molecule has 0 aromatic heterocycles. The number of carbonyl (C=O) groups is 1. The van der Waals surface area contributed by atoms with Crippen LogP contribution in [0.3, 0.4) is 0 Å². The molecule has 1 amide bonds. The normalized spacial score (nSPS) is 11.0. The number of aryl methyl sites for hydroxylation is 2. The van der Waals surface area contributed by atoms with Gasteiger partial charge in [0, 0.05) is 12.6 Å². The van der Waals surface area contributed by atoms with E-state index < -0.39 is 10.0 Å². The maximum atomic E-state index is 12.3. The van der Waals surface area contributed by atoms with Crippen molar-refractivity contribution in [2.75, 3.05) is 5.32 Å². The summed E-state index contributed by atoms with van der Waals surface area (Å²) in [6.45, 7) is 5.17. The summed E-state index contributed by atoms with van der Waals surface area (Å²) in [6.07, 6.45) is 0. The first-order valence-electron chi connectivity index (χ1n) is 6.70. The standard InChI is InChI=1S/C16H17N2O3S/c1-11-8-12(2)10-15(9-11)18-22(20,21)16-6-4-14(5-7-16)17-13(3)19/h4-10H,1-3H3,(H,17,19)/q-1. The van der Waals surface area contributed by atoms with E-state index in [-0.39, 0.29) is 10.8 Å². The van der Waals surface area contributed by atoms with Crippen LogP contribution in [0.25, 0.3) is 4.72 Å². The van der Waals surface area contributed by atoms with Crippen molar-refractivity contribution in [3.05, 3.63) is 58.3 Å². The van der Waals surface area contributed by atoms with Gasteiger partial charge in [0.2, 0.25) is 5.91 Å². The van der Waals surface area contributed by atoms with Gasteiger partial charge in [-0.25, -0.2) is 8.42 Å². The second-order valence-electron chi connectivity index (χ2n) is 5.12. The molecule has 22 heavy (non-hydrogen) atoms. The summed E-state index contributed by atoms with van der Waals surface area (Å²) in [5.74, 6) is -0.212. The topological polar surface area (TPSA) is 77.3 Å². The fourth-order valence-corrected chi connectivity index (χ4v) is 3.08. The minimum absolute atomic E-state index is 0.0840. The zero-order valence-corrected chi connectivity index (χ0v) is 13.4. The van der Waals surface area contributed by atoms with Crippen molar-refractivity contribution in [2.45, 2.75) is 25.7 Å². The maximum Gasteiger partial charge on any atom is 0.221 e. The van der Waals surface area contributed by atoms with E-state index in [0.29, 0.717) is 11.4 Å². The number of sulfonamides is 1. The highest BCUT2D eigenvalue weighted by atomic mass is 32.2. The van der Waals surface area contributed by atoms with E-state index >= 15 is 0 Å². The average molecular weight is 317 g/mol. The lowest BCUT2D eigenvalue weighted by Gasteiger charge is -2.23. The molecular weight excluding hydrogens is 300 g/mol. The molecule has 0 bridgehead atoms. The quantitative estimate of drug-likeness (QED) is 0.935. The zero-order chi connectivity index (χ0) is 16.3. The molecule has 6 heteroatoms. The minimum Gasteiger partial charge on any atom is -0.573 e. The summed E-state index contributed by atoms with van der Waals surface area (Å²) in [4.78, 5) is 11.0. The molecule has 116 valence electrons. The van der Waals surface area contributed by atoms with E-state index in [1.54, 1.807) is 12.1 Å². The Morgan fingerprint density at radius 1 is 1.00 bits per heavy atom. The minimum atomic E-state index is -3.78. The van der Waals surface area contributed by atoms with Crippen molar-refractivity contribution >= 4 is 27.3 Å². The third kappa shape index (κ3) is 4.08. The number of hydrogen-bond donors (Lipinski definition) is 1. The monoisotopic (exact) mass is 317 g/mol. The summed E-state index contributed by atoms with van der Waals surface area (Å²) in [6, 6.07) is 11.3. The summed E-state index contributed by atoms with van der Waals surface area (Å²) in [7, 11) is -3.78. The van der Waals surface area contributed by atoms with E-state index in [4.69, 9.17) is 0 Å². The summed E-state index contributed by atoms with van der Waals surface area (Å²) in [5, 5.41) is 2.58. The largest absolute Gasteiger partial charge is 0.573 e. The van der Waals surface area contributed by atoms with Gasteiger partial charge in [-0.3, -0.25) is 4.79 Å². The third-order valence-electron chi connectivity index (χ3n) is 2.90. The lowest BCUT2D eigenvalue weighted by molar-refractivity contribution is -0.114. The van der Waals surface area contributed by atoms with Crippen LogP contribution in [-0.2, 0) is 14.8 Å². The van der Waals surface area contributed by atoms with Crippen LogP contribution in [-0.4, -0.2) is 14.3 Å². The molecule has 0 aliphatic carbocycles. The SMILES string of the molecule is CC(=O)Nc1ccc(S(=O)(=O)[N-]c2cc(C)cc(C)c2)cc1. The van der Waals surface area contributed by atoms with Gasteiger partial charge in [0.05, 0.1) is 4.90 Å². The van der Waals surface area contributed by atoms with Gasteiger partial charge in [-0.2, -0.15) is 0 Å². The van der Waals surface area contributed by atoms with Gasteiger partial charge in [0.15, 0.2) is 0 Å². The maximum absolute atomic E-state index is 12.3. The Hall–Kier alpha value is -2.34. The van der Waals surface area contributed by atoms with Crippen LogP contribution in [0.4, 0.5) is 11.4 Å². The summed E-state index contributed by atoms with van der Waals surface area (Å²) in [5.41, 5.74) is 2.85. The average Bonchev–Trinajstić information content (AvgIpc) is 2.36. The summed E-state index contributed by atoms with van der Waals surface area (Å²) < 4.78 is 28.5. The fraction of sp³-hybridized carbons (Fsp3) is 0.188. The molecule has 2 aromatic carbocycles. The smallest absolute Gasteiger partial charge is 0.221 e. The Labute approximate surface area is 130 Å². The molecule has 0 heterocycles. The Morgan fingerprint density at radius 3 is 2.05 bits per heavy atom. The molecule has 0 saturated heterocycles. The molecule has 0 spiro atoms. The Balaban J connectivity index is 2.24. The lowest BCUT2D eigenvalue weighted by atomic mass is 10.1. The van der Waals surface area contributed by atoms with Gasteiger partial charge in [0.25, 0.3) is 0 Å². The molecule has 5 nitrogen and oxygen atoms in total. The number of amides is 1. The lowest BCUT2D eigenvalue weighted by Crippen LogP contribution is -2.06. The first-order chi connectivity index (χ1) is 10.3. The van der Waals surface area contributed by atoms with E-state index in [1.807, 2.05) is 19.9 Å². The number of rotatable bonds is 4. The van der Waals surface area contributed by atoms with Gasteiger partial charge in [0.1, 0.15) is 10.0 Å². The van der Waals surface area contributed by atoms with Crippen LogP contribution in [0.5, 0.6) is 0 Å². The van der Waals surface area contributed by atoms with Crippen molar-refractivity contribution in [3.8, 4) is 0 Å². The van der Waals surface area contributed by atoms with Gasteiger partial charge >= 0.3 is 0 Å². The fourth-order valence-electron chi connectivity index (χ4n) is 2.11. The van der Waals surface area contributed by atoms with Crippen LogP contribution >= 0.6 is 0 Å². The van der Waals surface area contributed by atoms with Gasteiger partial charge < -0.3 is 10.0 Å². The van der Waals surface area contributed by atoms with Gasteiger partial charge in [-0.05, 0) is 38.1 Å². The molecule has 0 saturated carbocycles. The third-order valence-corrected chi connectivity index (χ3v) is 4.22. The van der Waals surface area contributed by atoms with Crippen LogP contribution in [0.2, 0.25) is 0 Å². The van der Waals surface area contributed by atoms with Crippen molar-refractivity contribution in [1.82, 2.24) is 0 Å². The molecular formula is C16H17N2O3S-. The van der Waals surface area contributed by atoms with Crippen molar-refractivity contribution in [3.63, 3.8) is 0 Å². The van der Waals surface area contributed by atoms with Gasteiger partial charge in [-0.15, -0.1) is 5.69 Å². The van der Waals surface area contributed by atoms with Crippen molar-refractivity contribution in [1.29, 1.82) is 0 Å². The van der Waals surface area contributed by atoms with E-state index in [2.05, 4.69) is 10.0 Å². The highest BCUT2D eigenvalue weighted by molar-refractivity contribution is 7.94. The van der Waals surface area contributed by atoms with Crippen LogP contribution < -0.4 is 5.32 Å². The Kier molecular flexibility index (Phi) is 4.51. The molecule has 0 radical (unpaired) electrons. The highest BCUT2D eigenvalue weighted by Gasteiger charge is 2.05. The first-order valence-corrected chi connectivity index (χ1v) is 8.14. The van der Waals surface area contributed by atoms with E-state index in [9.17, 15) is 13.2 Å². The van der Waals surface area contributed by atoms with Crippen LogP contribution in [0.1, 0.15) is 18.1 Å². The summed E-state index contributed by atoms with van der Waals surface area (Å²) >= 11 is 0. The van der Waals surface area contributed by atoms with Crippen LogP contribution in [0.15, 0.2) is 47.4 Å². The van der Waals surface area contributed by atoms with Crippen molar-refractivity contribution in [2.24, 2.45) is 0 Å². The molecule has 0 aliphatic rings. The molecule has 2 rings (SSSR count). The molecule has 0 aliphatic heterocycles.